The van der Waals surface area contributed by atoms with Crippen LogP contribution >= 0.6 is 0 Å². The van der Waals surface area contributed by atoms with Crippen molar-refractivity contribution in [3.8, 4) is 0 Å². The molecule has 0 aromatic carbocycles. The third-order valence-electron chi connectivity index (χ3n) is 4.35. The largest absolute Gasteiger partial charge is 0.379 e. The van der Waals surface area contributed by atoms with E-state index in [0.717, 1.165) is 26.0 Å². The lowest BCUT2D eigenvalue weighted by Crippen LogP contribution is -2.46. The van der Waals surface area contributed by atoms with Crippen molar-refractivity contribution in [2.75, 3.05) is 19.8 Å². The fourth-order valence-corrected chi connectivity index (χ4v) is 3.28. The van der Waals surface area contributed by atoms with Crippen molar-refractivity contribution in [2.24, 2.45) is 5.92 Å². The Kier molecular flexibility index (Phi) is 4.80. The number of halogens is 1. The normalized spacial score (nSPS) is 31.8. The standard InChI is InChI=1S/C14H26FNO/c1-14(15,10-13-11-17-9-8-16-13)12-6-4-2-3-5-7-12/h12-13,16H,2-11H2,1H3. The molecular weight excluding hydrogens is 217 g/mol. The predicted molar refractivity (Wildman–Crippen MR) is 67.9 cm³/mol. The predicted octanol–water partition coefficient (Wildman–Crippen LogP) is 3.06. The van der Waals surface area contributed by atoms with Gasteiger partial charge in [-0.25, -0.2) is 4.39 Å². The van der Waals surface area contributed by atoms with E-state index < -0.39 is 5.67 Å². The zero-order valence-electron chi connectivity index (χ0n) is 11.0. The van der Waals surface area contributed by atoms with Gasteiger partial charge in [-0.3, -0.25) is 0 Å². The Morgan fingerprint density at radius 3 is 2.53 bits per heavy atom. The third kappa shape index (κ3) is 3.92. The Balaban J connectivity index is 1.86. The Hall–Kier alpha value is -0.150. The average molecular weight is 243 g/mol. The first-order valence-electron chi connectivity index (χ1n) is 7.18. The van der Waals surface area contributed by atoms with Crippen LogP contribution < -0.4 is 5.32 Å². The van der Waals surface area contributed by atoms with E-state index >= 15 is 0 Å². The molecule has 0 spiro atoms. The molecule has 1 saturated heterocycles. The molecular formula is C14H26FNO. The van der Waals surface area contributed by atoms with Gasteiger partial charge < -0.3 is 10.1 Å². The Labute approximate surface area is 104 Å². The van der Waals surface area contributed by atoms with Crippen LogP contribution in [0.2, 0.25) is 0 Å². The summed E-state index contributed by atoms with van der Waals surface area (Å²) in [7, 11) is 0. The number of alkyl halides is 1. The molecule has 3 heteroatoms. The van der Waals surface area contributed by atoms with Crippen molar-refractivity contribution in [1.29, 1.82) is 0 Å². The summed E-state index contributed by atoms with van der Waals surface area (Å²) in [6.45, 7) is 4.11. The van der Waals surface area contributed by atoms with Crippen LogP contribution in [-0.4, -0.2) is 31.5 Å². The maximum absolute atomic E-state index is 14.8. The van der Waals surface area contributed by atoms with Crippen molar-refractivity contribution in [3.63, 3.8) is 0 Å². The van der Waals surface area contributed by atoms with Gasteiger partial charge in [0.15, 0.2) is 0 Å². The molecule has 0 bridgehead atoms. The minimum absolute atomic E-state index is 0.210. The Bertz CT molecular complexity index is 218. The number of nitrogens with one attached hydrogen (secondary N) is 1. The van der Waals surface area contributed by atoms with Crippen LogP contribution in [0, 0.1) is 5.92 Å². The number of hydrogen-bond donors (Lipinski definition) is 1. The maximum atomic E-state index is 14.8. The van der Waals surface area contributed by atoms with Gasteiger partial charge in [-0.1, -0.05) is 25.7 Å². The number of rotatable bonds is 3. The van der Waals surface area contributed by atoms with Gasteiger partial charge in [0.05, 0.1) is 13.2 Å². The highest BCUT2D eigenvalue weighted by Gasteiger charge is 2.36. The minimum atomic E-state index is -1.03. The molecule has 0 radical (unpaired) electrons. The zero-order chi connectivity index (χ0) is 12.1. The molecule has 17 heavy (non-hydrogen) atoms. The first-order chi connectivity index (χ1) is 8.18. The van der Waals surface area contributed by atoms with E-state index in [9.17, 15) is 4.39 Å². The molecule has 2 nitrogen and oxygen atoms in total. The van der Waals surface area contributed by atoms with Gasteiger partial charge in [-0.15, -0.1) is 0 Å². The smallest absolute Gasteiger partial charge is 0.112 e. The first-order valence-corrected chi connectivity index (χ1v) is 7.18. The van der Waals surface area contributed by atoms with Crippen LogP contribution in [0.4, 0.5) is 4.39 Å². The molecule has 1 aliphatic carbocycles. The highest BCUT2D eigenvalue weighted by atomic mass is 19.1. The van der Waals surface area contributed by atoms with Crippen molar-refractivity contribution >= 4 is 0 Å². The molecule has 2 rings (SSSR count). The number of morpholine rings is 1. The molecule has 0 amide bonds. The topological polar surface area (TPSA) is 21.3 Å². The van der Waals surface area contributed by atoms with E-state index in [2.05, 4.69) is 5.32 Å². The summed E-state index contributed by atoms with van der Waals surface area (Å²) in [5.74, 6) is 0.258. The SMILES string of the molecule is CC(F)(CC1COCCN1)C1CCCCCC1. The Morgan fingerprint density at radius 2 is 1.94 bits per heavy atom. The summed E-state index contributed by atoms with van der Waals surface area (Å²) in [4.78, 5) is 0. The summed E-state index contributed by atoms with van der Waals surface area (Å²) in [6.07, 6.45) is 7.74. The second-order valence-electron chi connectivity index (χ2n) is 5.90. The molecule has 2 unspecified atom stereocenters. The molecule has 2 atom stereocenters. The molecule has 100 valence electrons. The minimum Gasteiger partial charge on any atom is -0.379 e. The van der Waals surface area contributed by atoms with Crippen LogP contribution in [0.3, 0.4) is 0 Å². The lowest BCUT2D eigenvalue weighted by Gasteiger charge is -2.35. The summed E-state index contributed by atoms with van der Waals surface area (Å²) < 4.78 is 20.3. The second kappa shape index (κ2) is 6.14. The van der Waals surface area contributed by atoms with Crippen molar-refractivity contribution in [2.45, 2.75) is 63.6 Å². The first kappa shape index (κ1) is 13.3. The fourth-order valence-electron chi connectivity index (χ4n) is 3.28. The summed E-state index contributed by atoms with van der Waals surface area (Å²) in [5.41, 5.74) is -1.03. The van der Waals surface area contributed by atoms with Gasteiger partial charge in [0, 0.05) is 12.6 Å². The quantitative estimate of drug-likeness (QED) is 0.769. The number of hydrogen-bond acceptors (Lipinski definition) is 2. The van der Waals surface area contributed by atoms with E-state index in [1.54, 1.807) is 6.92 Å². The highest BCUT2D eigenvalue weighted by molar-refractivity contribution is 4.89. The van der Waals surface area contributed by atoms with Crippen LogP contribution in [0.5, 0.6) is 0 Å². The van der Waals surface area contributed by atoms with E-state index in [1.807, 2.05) is 0 Å². The molecule has 1 saturated carbocycles. The van der Waals surface area contributed by atoms with Gasteiger partial charge in [-0.05, 0) is 32.1 Å². The summed E-state index contributed by atoms with van der Waals surface area (Å²) in [5, 5.41) is 3.36. The molecule has 0 aromatic rings. The summed E-state index contributed by atoms with van der Waals surface area (Å²) >= 11 is 0. The van der Waals surface area contributed by atoms with Crippen molar-refractivity contribution in [1.82, 2.24) is 5.32 Å². The van der Waals surface area contributed by atoms with Crippen molar-refractivity contribution < 1.29 is 9.13 Å². The third-order valence-corrected chi connectivity index (χ3v) is 4.35. The van der Waals surface area contributed by atoms with Crippen LogP contribution in [0.25, 0.3) is 0 Å². The fraction of sp³-hybridized carbons (Fsp3) is 1.00. The molecule has 2 aliphatic rings. The van der Waals surface area contributed by atoms with E-state index in [4.69, 9.17) is 4.74 Å². The zero-order valence-corrected chi connectivity index (χ0v) is 11.0. The monoisotopic (exact) mass is 243 g/mol. The number of ether oxygens (including phenoxy) is 1. The van der Waals surface area contributed by atoms with Crippen LogP contribution in [0.1, 0.15) is 51.9 Å². The second-order valence-corrected chi connectivity index (χ2v) is 5.90. The lowest BCUT2D eigenvalue weighted by molar-refractivity contribution is 0.0217. The molecule has 1 heterocycles. The highest BCUT2D eigenvalue weighted by Crippen LogP contribution is 2.37. The van der Waals surface area contributed by atoms with Gasteiger partial charge >= 0.3 is 0 Å². The molecule has 2 fully saturated rings. The van der Waals surface area contributed by atoms with E-state index in [-0.39, 0.29) is 12.0 Å². The van der Waals surface area contributed by atoms with Gasteiger partial charge in [-0.2, -0.15) is 0 Å². The average Bonchev–Trinajstić information content (AvgIpc) is 2.58. The maximum Gasteiger partial charge on any atom is 0.112 e. The van der Waals surface area contributed by atoms with E-state index in [0.29, 0.717) is 13.0 Å². The van der Waals surface area contributed by atoms with Crippen LogP contribution in [0.15, 0.2) is 0 Å². The molecule has 0 aromatic heterocycles. The summed E-state index contributed by atoms with van der Waals surface area (Å²) in [6, 6.07) is 0.210. The van der Waals surface area contributed by atoms with Crippen molar-refractivity contribution in [3.05, 3.63) is 0 Å². The van der Waals surface area contributed by atoms with E-state index in [1.165, 1.54) is 25.7 Å². The van der Waals surface area contributed by atoms with Crippen LogP contribution in [-0.2, 0) is 4.74 Å². The van der Waals surface area contributed by atoms with Gasteiger partial charge in [0.25, 0.3) is 0 Å². The van der Waals surface area contributed by atoms with Gasteiger partial charge in [0.1, 0.15) is 5.67 Å². The lowest BCUT2D eigenvalue weighted by atomic mass is 9.80. The molecule has 1 aliphatic heterocycles. The van der Waals surface area contributed by atoms with Gasteiger partial charge in [0.2, 0.25) is 0 Å². The molecule has 1 N–H and O–H groups in total. The Morgan fingerprint density at radius 1 is 1.24 bits per heavy atom.